The van der Waals surface area contributed by atoms with Gasteiger partial charge < -0.3 is 4.90 Å². The SMILES string of the molecule is CCC(C)N(C)C(=O)/C=C/c1cn(Cc2ccccc2)nc1-c1cccnc1. The average molecular weight is 374 g/mol. The Bertz CT molecular complexity index is 932. The summed E-state index contributed by atoms with van der Waals surface area (Å²) in [6, 6.07) is 14.3. The van der Waals surface area contributed by atoms with Crippen LogP contribution in [0.15, 0.2) is 67.1 Å². The maximum atomic E-state index is 12.5. The van der Waals surface area contributed by atoms with Crippen molar-refractivity contribution in [3.63, 3.8) is 0 Å². The lowest BCUT2D eigenvalue weighted by Crippen LogP contribution is -2.33. The van der Waals surface area contributed by atoms with E-state index in [1.165, 1.54) is 5.56 Å². The van der Waals surface area contributed by atoms with Gasteiger partial charge in [-0.05, 0) is 37.1 Å². The molecule has 3 rings (SSSR count). The Morgan fingerprint density at radius 3 is 2.68 bits per heavy atom. The molecule has 5 nitrogen and oxygen atoms in total. The van der Waals surface area contributed by atoms with Gasteiger partial charge in [-0.25, -0.2) is 0 Å². The van der Waals surface area contributed by atoms with Crippen LogP contribution in [0.5, 0.6) is 0 Å². The fraction of sp³-hybridized carbons (Fsp3) is 0.261. The summed E-state index contributed by atoms with van der Waals surface area (Å²) in [7, 11) is 1.84. The van der Waals surface area contributed by atoms with Crippen LogP contribution in [0.4, 0.5) is 0 Å². The van der Waals surface area contributed by atoms with Crippen LogP contribution in [0.1, 0.15) is 31.4 Å². The zero-order valence-electron chi connectivity index (χ0n) is 16.6. The van der Waals surface area contributed by atoms with Crippen molar-refractivity contribution in [2.75, 3.05) is 7.05 Å². The van der Waals surface area contributed by atoms with Crippen molar-refractivity contribution in [2.45, 2.75) is 32.9 Å². The molecule has 0 spiro atoms. The highest BCUT2D eigenvalue weighted by molar-refractivity contribution is 5.92. The molecule has 5 heteroatoms. The van der Waals surface area contributed by atoms with E-state index in [2.05, 4.69) is 24.0 Å². The van der Waals surface area contributed by atoms with E-state index >= 15 is 0 Å². The van der Waals surface area contributed by atoms with Gasteiger partial charge in [0.05, 0.1) is 6.54 Å². The van der Waals surface area contributed by atoms with Gasteiger partial charge in [-0.1, -0.05) is 37.3 Å². The second-order valence-electron chi connectivity index (χ2n) is 6.90. The number of aromatic nitrogens is 3. The maximum Gasteiger partial charge on any atom is 0.246 e. The Hall–Kier alpha value is -3.21. The summed E-state index contributed by atoms with van der Waals surface area (Å²) in [4.78, 5) is 18.4. The first-order valence-corrected chi connectivity index (χ1v) is 9.55. The van der Waals surface area contributed by atoms with Crippen molar-refractivity contribution >= 4 is 12.0 Å². The van der Waals surface area contributed by atoms with Gasteiger partial charge in [0.25, 0.3) is 0 Å². The normalized spacial score (nSPS) is 12.2. The van der Waals surface area contributed by atoms with Gasteiger partial charge in [-0.2, -0.15) is 5.10 Å². The molecule has 1 aromatic carbocycles. The van der Waals surface area contributed by atoms with Crippen LogP contribution >= 0.6 is 0 Å². The van der Waals surface area contributed by atoms with Crippen LogP contribution in [0, 0.1) is 0 Å². The Morgan fingerprint density at radius 2 is 2.00 bits per heavy atom. The largest absolute Gasteiger partial charge is 0.340 e. The summed E-state index contributed by atoms with van der Waals surface area (Å²) in [5.74, 6) is -0.0118. The number of carbonyl (C=O) groups is 1. The highest BCUT2D eigenvalue weighted by atomic mass is 16.2. The van der Waals surface area contributed by atoms with Crippen molar-refractivity contribution in [3.05, 3.63) is 78.3 Å². The van der Waals surface area contributed by atoms with Crippen molar-refractivity contribution < 1.29 is 4.79 Å². The molecule has 28 heavy (non-hydrogen) atoms. The van der Waals surface area contributed by atoms with Gasteiger partial charge in [0, 0.05) is 48.9 Å². The molecule has 2 aromatic heterocycles. The highest BCUT2D eigenvalue weighted by Gasteiger charge is 2.13. The summed E-state index contributed by atoms with van der Waals surface area (Å²) in [6.45, 7) is 4.79. The molecule has 144 valence electrons. The molecule has 0 aliphatic rings. The topological polar surface area (TPSA) is 51.0 Å². The highest BCUT2D eigenvalue weighted by Crippen LogP contribution is 2.23. The van der Waals surface area contributed by atoms with E-state index in [4.69, 9.17) is 5.10 Å². The Morgan fingerprint density at radius 1 is 1.21 bits per heavy atom. The zero-order chi connectivity index (χ0) is 19.9. The summed E-state index contributed by atoms with van der Waals surface area (Å²) in [6.07, 6.45) is 9.90. The molecular weight excluding hydrogens is 348 g/mol. The molecule has 0 fully saturated rings. The third kappa shape index (κ3) is 4.74. The van der Waals surface area contributed by atoms with E-state index in [9.17, 15) is 4.79 Å². The second kappa shape index (κ2) is 9.13. The standard InChI is InChI=1S/C23H26N4O/c1-4-18(2)26(3)22(28)13-12-21-17-27(16-19-9-6-5-7-10-19)25-23(21)20-11-8-14-24-15-20/h5-15,17-18H,4,16H2,1-3H3/b13-12+. The summed E-state index contributed by atoms with van der Waals surface area (Å²) in [5.41, 5.74) is 3.82. The molecule has 2 heterocycles. The van der Waals surface area contributed by atoms with E-state index in [1.54, 1.807) is 23.4 Å². The summed E-state index contributed by atoms with van der Waals surface area (Å²) >= 11 is 0. The predicted octanol–water partition coefficient (Wildman–Crippen LogP) is 4.26. The van der Waals surface area contributed by atoms with Crippen LogP contribution < -0.4 is 0 Å². The lowest BCUT2D eigenvalue weighted by atomic mass is 10.1. The van der Waals surface area contributed by atoms with E-state index < -0.39 is 0 Å². The van der Waals surface area contributed by atoms with Crippen molar-refractivity contribution in [2.24, 2.45) is 0 Å². The molecule has 0 saturated heterocycles. The monoisotopic (exact) mass is 374 g/mol. The number of benzene rings is 1. The molecule has 0 aliphatic heterocycles. The molecule has 1 unspecified atom stereocenters. The first-order chi connectivity index (χ1) is 13.6. The quantitative estimate of drug-likeness (QED) is 0.581. The summed E-state index contributed by atoms with van der Waals surface area (Å²) in [5, 5.41) is 4.75. The number of nitrogens with zero attached hydrogens (tertiary/aromatic N) is 4. The lowest BCUT2D eigenvalue weighted by molar-refractivity contribution is -0.126. The van der Waals surface area contributed by atoms with Gasteiger partial charge in [0.1, 0.15) is 5.69 Å². The van der Waals surface area contributed by atoms with E-state index in [0.29, 0.717) is 6.54 Å². The summed E-state index contributed by atoms with van der Waals surface area (Å²) < 4.78 is 1.90. The van der Waals surface area contributed by atoms with Gasteiger partial charge in [-0.15, -0.1) is 0 Å². The van der Waals surface area contributed by atoms with E-state index in [1.807, 2.05) is 61.3 Å². The number of pyridine rings is 1. The average Bonchev–Trinajstić information content (AvgIpc) is 3.14. The predicted molar refractivity (Wildman–Crippen MR) is 113 cm³/mol. The first kappa shape index (κ1) is 19.5. The minimum absolute atomic E-state index is 0.0118. The van der Waals surface area contributed by atoms with Crippen molar-refractivity contribution in [3.8, 4) is 11.3 Å². The first-order valence-electron chi connectivity index (χ1n) is 9.55. The Labute approximate surface area is 166 Å². The Balaban J connectivity index is 1.90. The minimum Gasteiger partial charge on any atom is -0.340 e. The maximum absolute atomic E-state index is 12.5. The molecule has 0 radical (unpaired) electrons. The number of amides is 1. The van der Waals surface area contributed by atoms with Crippen molar-refractivity contribution in [1.29, 1.82) is 0 Å². The van der Waals surface area contributed by atoms with Crippen LogP contribution in [0.25, 0.3) is 17.3 Å². The van der Waals surface area contributed by atoms with Crippen LogP contribution in [0.3, 0.4) is 0 Å². The minimum atomic E-state index is -0.0118. The van der Waals surface area contributed by atoms with Crippen LogP contribution in [0.2, 0.25) is 0 Å². The van der Waals surface area contributed by atoms with Crippen LogP contribution in [-0.2, 0) is 11.3 Å². The second-order valence-corrected chi connectivity index (χ2v) is 6.90. The molecule has 3 aromatic rings. The smallest absolute Gasteiger partial charge is 0.246 e. The fourth-order valence-corrected chi connectivity index (χ4v) is 2.91. The van der Waals surface area contributed by atoms with Gasteiger partial charge in [-0.3, -0.25) is 14.5 Å². The number of rotatable bonds is 7. The third-order valence-corrected chi connectivity index (χ3v) is 4.92. The Kier molecular flexibility index (Phi) is 6.37. The molecule has 0 saturated carbocycles. The molecule has 1 amide bonds. The zero-order valence-corrected chi connectivity index (χ0v) is 16.6. The number of hydrogen-bond acceptors (Lipinski definition) is 3. The van der Waals surface area contributed by atoms with E-state index in [0.717, 1.165) is 23.2 Å². The molecule has 0 N–H and O–H groups in total. The van der Waals surface area contributed by atoms with Crippen molar-refractivity contribution in [1.82, 2.24) is 19.7 Å². The van der Waals surface area contributed by atoms with E-state index in [-0.39, 0.29) is 11.9 Å². The van der Waals surface area contributed by atoms with Gasteiger partial charge in [0.15, 0.2) is 0 Å². The fourth-order valence-electron chi connectivity index (χ4n) is 2.91. The number of carbonyl (C=O) groups excluding carboxylic acids is 1. The molecule has 0 bridgehead atoms. The molecule has 1 atom stereocenters. The van der Waals surface area contributed by atoms with Gasteiger partial charge in [0.2, 0.25) is 5.91 Å². The molecule has 0 aliphatic carbocycles. The van der Waals surface area contributed by atoms with Crippen LogP contribution in [-0.4, -0.2) is 38.7 Å². The molecular formula is C23H26N4O. The number of hydrogen-bond donors (Lipinski definition) is 0. The number of likely N-dealkylation sites (N-methyl/N-ethyl adjacent to an activating group) is 1. The lowest BCUT2D eigenvalue weighted by Gasteiger charge is -2.22. The van der Waals surface area contributed by atoms with Gasteiger partial charge >= 0.3 is 0 Å². The third-order valence-electron chi connectivity index (χ3n) is 4.92.